The molecule has 0 N–H and O–H groups in total. The maximum atomic E-state index is 12.1. The van der Waals surface area contributed by atoms with Gasteiger partial charge < -0.3 is 4.74 Å². The number of anilines is 2. The van der Waals surface area contributed by atoms with E-state index in [1.165, 1.54) is 35.3 Å². The molecular formula is C18H14ClN3O3S. The number of nitrogens with zero attached hydrogens (tertiary/aromatic N) is 3. The van der Waals surface area contributed by atoms with E-state index < -0.39 is 5.97 Å². The molecule has 0 saturated carbocycles. The van der Waals surface area contributed by atoms with E-state index in [0.29, 0.717) is 21.5 Å². The van der Waals surface area contributed by atoms with E-state index in [-0.39, 0.29) is 18.1 Å². The second-order valence-electron chi connectivity index (χ2n) is 4.95. The maximum absolute atomic E-state index is 12.1. The van der Waals surface area contributed by atoms with Gasteiger partial charge in [-0.25, -0.2) is 9.78 Å². The summed E-state index contributed by atoms with van der Waals surface area (Å²) in [5.74, 6) is -1.01. The van der Waals surface area contributed by atoms with Crippen LogP contribution in [-0.2, 0) is 14.3 Å². The van der Waals surface area contributed by atoms with E-state index in [9.17, 15) is 9.59 Å². The molecule has 0 radical (unpaired) electrons. The molecule has 132 valence electrons. The molecule has 0 bridgehead atoms. The zero-order valence-corrected chi connectivity index (χ0v) is 15.4. The van der Waals surface area contributed by atoms with Crippen LogP contribution in [0.25, 0.3) is 6.08 Å². The Balaban J connectivity index is 2.33. The fourth-order valence-electron chi connectivity index (χ4n) is 1.98. The molecule has 2 aromatic rings. The number of benzene rings is 1. The smallest absolute Gasteiger partial charge is 0.349 e. The third-order valence-corrected chi connectivity index (χ3v) is 4.13. The van der Waals surface area contributed by atoms with Crippen molar-refractivity contribution in [2.45, 2.75) is 6.92 Å². The molecule has 8 heteroatoms. The quantitative estimate of drug-likeness (QED) is 0.322. The first kappa shape index (κ1) is 19.4. The van der Waals surface area contributed by atoms with Crippen molar-refractivity contribution in [3.05, 3.63) is 58.6 Å². The molecule has 6 nitrogen and oxygen atoms in total. The largest absolute Gasteiger partial charge is 0.457 e. The zero-order valence-electron chi connectivity index (χ0n) is 13.8. The van der Waals surface area contributed by atoms with Crippen molar-refractivity contribution >= 4 is 51.7 Å². The number of carbonyl (C=O) groups is 2. The summed E-state index contributed by atoms with van der Waals surface area (Å²) >= 11 is 7.19. The van der Waals surface area contributed by atoms with E-state index in [2.05, 4.69) is 11.6 Å². The second-order valence-corrected chi connectivity index (χ2v) is 6.22. The van der Waals surface area contributed by atoms with E-state index in [0.717, 1.165) is 0 Å². The number of halogens is 1. The second kappa shape index (κ2) is 8.94. The Kier molecular flexibility index (Phi) is 6.67. The summed E-state index contributed by atoms with van der Waals surface area (Å²) in [6, 6.07) is 8.59. The van der Waals surface area contributed by atoms with Gasteiger partial charge >= 0.3 is 5.97 Å². The number of hydrogen-bond donors (Lipinski definition) is 0. The lowest BCUT2D eigenvalue weighted by Gasteiger charge is -2.18. The Bertz CT molecular complexity index is 914. The van der Waals surface area contributed by atoms with Crippen molar-refractivity contribution in [2.24, 2.45) is 0 Å². The first-order chi connectivity index (χ1) is 12.5. The molecular weight excluding hydrogens is 374 g/mol. The standard InChI is InChI=1S/C18H14ClN3O3S/c1-3-7-25-17(24)13(10-20)8-15-11-26-18(21-15)22(12(2)23)16-6-4-5-14(19)9-16/h3-6,8-9,11H,1,7H2,2H3/b13-8+. The molecule has 1 heterocycles. The van der Waals surface area contributed by atoms with Crippen molar-refractivity contribution in [3.8, 4) is 6.07 Å². The predicted octanol–water partition coefficient (Wildman–Crippen LogP) is 4.12. The third-order valence-electron chi connectivity index (χ3n) is 3.05. The van der Waals surface area contributed by atoms with Crippen molar-refractivity contribution < 1.29 is 14.3 Å². The average Bonchev–Trinajstić information content (AvgIpc) is 3.05. The normalized spacial score (nSPS) is 10.7. The number of hydrogen-bond acceptors (Lipinski definition) is 6. The minimum absolute atomic E-state index is 0.00699. The highest BCUT2D eigenvalue weighted by Crippen LogP contribution is 2.31. The molecule has 1 aromatic heterocycles. The van der Waals surface area contributed by atoms with Gasteiger partial charge in [-0.3, -0.25) is 9.69 Å². The van der Waals surface area contributed by atoms with Crippen LogP contribution in [0.3, 0.4) is 0 Å². The van der Waals surface area contributed by atoms with Gasteiger partial charge in [0.25, 0.3) is 0 Å². The number of ether oxygens (including phenoxy) is 1. The van der Waals surface area contributed by atoms with Crippen LogP contribution in [0.15, 0.2) is 47.9 Å². The van der Waals surface area contributed by atoms with Crippen LogP contribution in [0.1, 0.15) is 12.6 Å². The van der Waals surface area contributed by atoms with Crippen LogP contribution in [0, 0.1) is 11.3 Å². The fourth-order valence-corrected chi connectivity index (χ4v) is 3.01. The highest BCUT2D eigenvalue weighted by molar-refractivity contribution is 7.14. The van der Waals surface area contributed by atoms with Crippen LogP contribution in [0.4, 0.5) is 10.8 Å². The molecule has 2 rings (SSSR count). The van der Waals surface area contributed by atoms with E-state index in [4.69, 9.17) is 21.6 Å². The third kappa shape index (κ3) is 4.79. The van der Waals surface area contributed by atoms with Gasteiger partial charge in [-0.15, -0.1) is 11.3 Å². The van der Waals surface area contributed by atoms with Crippen molar-refractivity contribution in [1.82, 2.24) is 4.98 Å². The summed E-state index contributed by atoms with van der Waals surface area (Å²) in [5, 5.41) is 11.6. The number of aromatic nitrogens is 1. The lowest BCUT2D eigenvalue weighted by molar-refractivity contribution is -0.137. The minimum atomic E-state index is -0.764. The molecule has 0 saturated heterocycles. The van der Waals surface area contributed by atoms with Gasteiger partial charge in [0.05, 0.1) is 11.4 Å². The summed E-state index contributed by atoms with van der Waals surface area (Å²) in [6.07, 6.45) is 2.71. The molecule has 1 amide bonds. The number of amides is 1. The van der Waals surface area contributed by atoms with Crippen LogP contribution in [-0.4, -0.2) is 23.5 Å². The SMILES string of the molecule is C=CCOC(=O)/C(C#N)=C/c1csc(N(C(C)=O)c2cccc(Cl)c2)n1. The number of thiazole rings is 1. The highest BCUT2D eigenvalue weighted by atomic mass is 35.5. The number of carbonyl (C=O) groups excluding carboxylic acids is 2. The van der Waals surface area contributed by atoms with Gasteiger partial charge in [0, 0.05) is 17.3 Å². The molecule has 1 aromatic carbocycles. The van der Waals surface area contributed by atoms with Crippen molar-refractivity contribution in [1.29, 1.82) is 5.26 Å². The predicted molar refractivity (Wildman–Crippen MR) is 101 cm³/mol. The fraction of sp³-hybridized carbons (Fsp3) is 0.111. The summed E-state index contributed by atoms with van der Waals surface area (Å²) < 4.78 is 4.84. The molecule has 0 fully saturated rings. The van der Waals surface area contributed by atoms with Gasteiger partial charge in [0.2, 0.25) is 5.91 Å². The summed E-state index contributed by atoms with van der Waals surface area (Å²) in [7, 11) is 0. The summed E-state index contributed by atoms with van der Waals surface area (Å²) in [5.41, 5.74) is 0.743. The average molecular weight is 388 g/mol. The van der Waals surface area contributed by atoms with Crippen LogP contribution in [0.5, 0.6) is 0 Å². The van der Waals surface area contributed by atoms with E-state index in [1.807, 2.05) is 0 Å². The van der Waals surface area contributed by atoms with E-state index in [1.54, 1.807) is 35.7 Å². The van der Waals surface area contributed by atoms with Crippen LogP contribution < -0.4 is 4.90 Å². The van der Waals surface area contributed by atoms with E-state index >= 15 is 0 Å². The Hall–Kier alpha value is -2.95. The van der Waals surface area contributed by atoms with Gasteiger partial charge in [-0.05, 0) is 24.3 Å². The minimum Gasteiger partial charge on any atom is -0.457 e. The summed E-state index contributed by atoms with van der Waals surface area (Å²) in [4.78, 5) is 29.6. The first-order valence-electron chi connectivity index (χ1n) is 7.38. The topological polar surface area (TPSA) is 83.3 Å². The van der Waals surface area contributed by atoms with Gasteiger partial charge in [-0.1, -0.05) is 30.3 Å². The summed E-state index contributed by atoms with van der Waals surface area (Å²) in [6.45, 7) is 4.85. The van der Waals surface area contributed by atoms with Crippen LogP contribution >= 0.6 is 22.9 Å². The first-order valence-corrected chi connectivity index (χ1v) is 8.63. The Morgan fingerprint density at radius 1 is 1.50 bits per heavy atom. The lowest BCUT2D eigenvalue weighted by Crippen LogP contribution is -2.22. The molecule has 0 aliphatic rings. The molecule has 0 aliphatic carbocycles. The molecule has 0 unspecified atom stereocenters. The molecule has 26 heavy (non-hydrogen) atoms. The highest BCUT2D eigenvalue weighted by Gasteiger charge is 2.18. The Labute approximate surface area is 159 Å². The number of nitriles is 1. The van der Waals surface area contributed by atoms with Crippen LogP contribution in [0.2, 0.25) is 5.02 Å². The van der Waals surface area contributed by atoms with Gasteiger partial charge in [0.1, 0.15) is 18.2 Å². The van der Waals surface area contributed by atoms with Crippen molar-refractivity contribution in [3.63, 3.8) is 0 Å². The zero-order chi connectivity index (χ0) is 19.1. The lowest BCUT2D eigenvalue weighted by atomic mass is 10.2. The Morgan fingerprint density at radius 2 is 2.27 bits per heavy atom. The monoisotopic (exact) mass is 387 g/mol. The van der Waals surface area contributed by atoms with Gasteiger partial charge in [-0.2, -0.15) is 5.26 Å². The number of esters is 1. The maximum Gasteiger partial charge on any atom is 0.349 e. The van der Waals surface area contributed by atoms with Gasteiger partial charge in [0.15, 0.2) is 5.13 Å². The molecule has 0 spiro atoms. The molecule has 0 atom stereocenters. The van der Waals surface area contributed by atoms with Crippen molar-refractivity contribution in [2.75, 3.05) is 11.5 Å². The molecule has 0 aliphatic heterocycles. The Morgan fingerprint density at radius 3 is 2.88 bits per heavy atom. The number of rotatable bonds is 6.